The highest BCUT2D eigenvalue weighted by Crippen LogP contribution is 2.21. The summed E-state index contributed by atoms with van der Waals surface area (Å²) < 4.78 is 10.0. The number of ether oxygens (including phenoxy) is 2. The normalized spacial score (nSPS) is 14.4. The van der Waals surface area contributed by atoms with Gasteiger partial charge in [-0.25, -0.2) is 4.79 Å². The molecule has 0 bridgehead atoms. The molecule has 0 heterocycles. The first-order valence-corrected chi connectivity index (χ1v) is 6.83. The predicted octanol–water partition coefficient (Wildman–Crippen LogP) is 1.32. The number of carbonyl (C=O) groups excluding carboxylic acids is 1. The number of hydrogen-bond donors (Lipinski definition) is 1. The summed E-state index contributed by atoms with van der Waals surface area (Å²) in [5.74, 6) is -0.296. The van der Waals surface area contributed by atoms with Gasteiger partial charge in [-0.1, -0.05) is 24.3 Å². The second-order valence-corrected chi connectivity index (χ2v) is 4.69. The van der Waals surface area contributed by atoms with Crippen LogP contribution in [0.1, 0.15) is 18.1 Å². The topological polar surface area (TPSA) is 47.6 Å². The highest BCUT2D eigenvalue weighted by atomic mass is 16.6. The van der Waals surface area contributed by atoms with Crippen LogP contribution >= 0.6 is 0 Å². The molecule has 0 spiro atoms. The van der Waals surface area contributed by atoms with Gasteiger partial charge in [-0.05, 0) is 30.9 Å². The molecule has 0 saturated heterocycles. The van der Waals surface area contributed by atoms with E-state index >= 15 is 0 Å². The molecule has 4 nitrogen and oxygen atoms in total. The Hall–Kier alpha value is -1.39. The lowest BCUT2D eigenvalue weighted by molar-refractivity contribution is -0.148. The molecule has 1 aliphatic carbocycles. The fourth-order valence-corrected chi connectivity index (χ4v) is 2.40. The second kappa shape index (κ2) is 7.26. The molecule has 1 aromatic rings. The molecule has 19 heavy (non-hydrogen) atoms. The van der Waals surface area contributed by atoms with Crippen molar-refractivity contribution in [3.05, 3.63) is 35.4 Å². The van der Waals surface area contributed by atoms with Crippen molar-refractivity contribution in [2.24, 2.45) is 0 Å². The average molecular weight is 263 g/mol. The van der Waals surface area contributed by atoms with E-state index in [1.807, 2.05) is 0 Å². The van der Waals surface area contributed by atoms with Crippen LogP contribution in [-0.4, -0.2) is 38.4 Å². The third kappa shape index (κ3) is 4.33. The first-order valence-electron chi connectivity index (χ1n) is 6.83. The lowest BCUT2D eigenvalue weighted by Gasteiger charge is -2.11. The smallest absolute Gasteiger partial charge is 0.332 e. The summed E-state index contributed by atoms with van der Waals surface area (Å²) in [7, 11) is 0. The number of esters is 1. The van der Waals surface area contributed by atoms with Crippen molar-refractivity contribution < 1.29 is 14.3 Å². The Labute approximate surface area is 114 Å². The zero-order valence-electron chi connectivity index (χ0n) is 11.4. The van der Waals surface area contributed by atoms with E-state index in [1.54, 1.807) is 6.92 Å². The minimum absolute atomic E-state index is 0.0421. The van der Waals surface area contributed by atoms with Crippen molar-refractivity contribution in [1.82, 2.24) is 5.32 Å². The number of rotatable bonds is 7. The first kappa shape index (κ1) is 14.0. The molecule has 2 rings (SSSR count). The maximum atomic E-state index is 11.0. The fourth-order valence-electron chi connectivity index (χ4n) is 2.40. The quantitative estimate of drug-likeness (QED) is 0.595. The van der Waals surface area contributed by atoms with Crippen LogP contribution in [-0.2, 0) is 27.1 Å². The van der Waals surface area contributed by atoms with E-state index in [0.29, 0.717) is 19.3 Å². The summed E-state index contributed by atoms with van der Waals surface area (Å²) >= 11 is 0. The highest BCUT2D eigenvalue weighted by Gasteiger charge is 2.19. The van der Waals surface area contributed by atoms with E-state index in [0.717, 1.165) is 19.4 Å². The summed E-state index contributed by atoms with van der Waals surface area (Å²) in [6, 6.07) is 9.04. The molecular weight excluding hydrogens is 242 g/mol. The molecule has 1 aliphatic rings. The maximum Gasteiger partial charge on any atom is 0.332 e. The van der Waals surface area contributed by atoms with Gasteiger partial charge in [-0.2, -0.15) is 0 Å². The minimum atomic E-state index is -0.296. The van der Waals surface area contributed by atoms with Gasteiger partial charge in [0.15, 0.2) is 0 Å². The van der Waals surface area contributed by atoms with Crippen LogP contribution in [0.3, 0.4) is 0 Å². The van der Waals surface area contributed by atoms with E-state index in [2.05, 4.69) is 29.6 Å². The van der Waals surface area contributed by atoms with Gasteiger partial charge in [0.1, 0.15) is 6.61 Å². The fraction of sp³-hybridized carbons (Fsp3) is 0.533. The number of fused-ring (bicyclic) bond motifs is 1. The van der Waals surface area contributed by atoms with Crippen LogP contribution in [0.5, 0.6) is 0 Å². The zero-order valence-corrected chi connectivity index (χ0v) is 11.4. The molecule has 0 fully saturated rings. The molecule has 0 atom stereocenters. The Morgan fingerprint density at radius 2 is 2.00 bits per heavy atom. The molecule has 0 radical (unpaired) electrons. The average Bonchev–Trinajstić information content (AvgIpc) is 2.81. The van der Waals surface area contributed by atoms with E-state index in [9.17, 15) is 4.79 Å². The lowest BCUT2D eigenvalue weighted by Crippen LogP contribution is -2.32. The van der Waals surface area contributed by atoms with E-state index < -0.39 is 0 Å². The van der Waals surface area contributed by atoms with Gasteiger partial charge >= 0.3 is 5.97 Å². The van der Waals surface area contributed by atoms with Gasteiger partial charge in [0.2, 0.25) is 0 Å². The Bertz CT molecular complexity index is 395. The third-order valence-corrected chi connectivity index (χ3v) is 3.26. The summed E-state index contributed by atoms with van der Waals surface area (Å²) in [6.45, 7) is 3.53. The van der Waals surface area contributed by atoms with Crippen LogP contribution < -0.4 is 5.32 Å². The molecule has 0 amide bonds. The number of benzene rings is 1. The van der Waals surface area contributed by atoms with Crippen molar-refractivity contribution in [3.8, 4) is 0 Å². The van der Waals surface area contributed by atoms with Gasteiger partial charge < -0.3 is 14.8 Å². The highest BCUT2D eigenvalue weighted by molar-refractivity contribution is 5.70. The Morgan fingerprint density at radius 1 is 1.32 bits per heavy atom. The molecule has 1 N–H and O–H groups in total. The van der Waals surface area contributed by atoms with Gasteiger partial charge in [0.25, 0.3) is 0 Å². The summed E-state index contributed by atoms with van der Waals surface area (Å²) in [4.78, 5) is 11.0. The van der Waals surface area contributed by atoms with Gasteiger partial charge in [0, 0.05) is 12.6 Å². The summed E-state index contributed by atoms with van der Waals surface area (Å²) in [6.07, 6.45) is 2.15. The summed E-state index contributed by atoms with van der Waals surface area (Å²) in [5, 5.41) is 3.46. The number of nitrogens with one attached hydrogen (secondary N) is 1. The number of hydrogen-bond acceptors (Lipinski definition) is 4. The predicted molar refractivity (Wildman–Crippen MR) is 73.1 cm³/mol. The molecule has 0 unspecified atom stereocenters. The molecule has 4 heteroatoms. The Kier molecular flexibility index (Phi) is 5.36. The van der Waals surface area contributed by atoms with E-state index in [-0.39, 0.29) is 12.6 Å². The standard InChI is InChI=1S/C15H21NO3/c1-2-19-15(17)11-18-8-7-16-14-9-12-5-3-4-6-13(12)10-14/h3-6,14,16H,2,7-11H2,1H3. The molecule has 1 aromatic carbocycles. The van der Waals surface area contributed by atoms with Crippen LogP contribution in [0.2, 0.25) is 0 Å². The van der Waals surface area contributed by atoms with Crippen molar-refractivity contribution in [2.45, 2.75) is 25.8 Å². The summed E-state index contributed by atoms with van der Waals surface area (Å²) in [5.41, 5.74) is 2.87. The Balaban J connectivity index is 1.57. The Morgan fingerprint density at radius 3 is 2.63 bits per heavy atom. The number of carbonyl (C=O) groups is 1. The van der Waals surface area contributed by atoms with Crippen LogP contribution in [0.4, 0.5) is 0 Å². The zero-order chi connectivity index (χ0) is 13.5. The van der Waals surface area contributed by atoms with Gasteiger partial charge in [-0.15, -0.1) is 0 Å². The first-order chi connectivity index (χ1) is 9.29. The van der Waals surface area contributed by atoms with E-state index in [1.165, 1.54) is 11.1 Å². The largest absolute Gasteiger partial charge is 0.464 e. The molecule has 0 saturated carbocycles. The molecule has 0 aliphatic heterocycles. The minimum Gasteiger partial charge on any atom is -0.464 e. The molecule has 0 aromatic heterocycles. The SMILES string of the molecule is CCOC(=O)COCCNC1Cc2ccccc2C1. The lowest BCUT2D eigenvalue weighted by atomic mass is 10.1. The van der Waals surface area contributed by atoms with Crippen LogP contribution in [0.15, 0.2) is 24.3 Å². The van der Waals surface area contributed by atoms with Crippen molar-refractivity contribution in [1.29, 1.82) is 0 Å². The van der Waals surface area contributed by atoms with Crippen LogP contribution in [0, 0.1) is 0 Å². The van der Waals surface area contributed by atoms with Gasteiger partial charge in [-0.3, -0.25) is 0 Å². The van der Waals surface area contributed by atoms with Crippen molar-refractivity contribution in [2.75, 3.05) is 26.4 Å². The monoisotopic (exact) mass is 263 g/mol. The molecule has 104 valence electrons. The van der Waals surface area contributed by atoms with Crippen molar-refractivity contribution >= 4 is 5.97 Å². The maximum absolute atomic E-state index is 11.0. The second-order valence-electron chi connectivity index (χ2n) is 4.69. The molecular formula is C15H21NO3. The van der Waals surface area contributed by atoms with Gasteiger partial charge in [0.05, 0.1) is 13.2 Å². The van der Waals surface area contributed by atoms with Crippen LogP contribution in [0.25, 0.3) is 0 Å². The van der Waals surface area contributed by atoms with E-state index in [4.69, 9.17) is 9.47 Å². The third-order valence-electron chi connectivity index (χ3n) is 3.26. The van der Waals surface area contributed by atoms with Crippen molar-refractivity contribution in [3.63, 3.8) is 0 Å².